The molecule has 0 aromatic heterocycles. The summed E-state index contributed by atoms with van der Waals surface area (Å²) in [5.41, 5.74) is 1.17. The SMILES string of the molecule is CSC1(CNCC(O)COc2cccc(C)c2)CC1. The molecule has 1 fully saturated rings. The largest absolute Gasteiger partial charge is 0.491 e. The molecule has 106 valence electrons. The maximum absolute atomic E-state index is 9.88. The van der Waals surface area contributed by atoms with E-state index in [0.29, 0.717) is 17.9 Å². The molecule has 4 heteroatoms. The molecular formula is C15H23NO2S. The topological polar surface area (TPSA) is 41.5 Å². The van der Waals surface area contributed by atoms with Gasteiger partial charge >= 0.3 is 0 Å². The molecule has 1 aromatic rings. The van der Waals surface area contributed by atoms with Crippen LogP contribution in [0.4, 0.5) is 0 Å². The van der Waals surface area contributed by atoms with Gasteiger partial charge in [-0.3, -0.25) is 0 Å². The molecule has 0 radical (unpaired) electrons. The first-order chi connectivity index (χ1) is 9.13. The number of thioether (sulfide) groups is 1. The second kappa shape index (κ2) is 6.64. The molecule has 19 heavy (non-hydrogen) atoms. The average molecular weight is 281 g/mol. The van der Waals surface area contributed by atoms with Gasteiger partial charge in [0.1, 0.15) is 18.5 Å². The second-order valence-electron chi connectivity index (χ2n) is 5.30. The minimum Gasteiger partial charge on any atom is -0.491 e. The van der Waals surface area contributed by atoms with Crippen molar-refractivity contribution in [3.8, 4) is 5.75 Å². The van der Waals surface area contributed by atoms with E-state index < -0.39 is 6.10 Å². The summed E-state index contributed by atoms with van der Waals surface area (Å²) in [4.78, 5) is 0. The van der Waals surface area contributed by atoms with Crippen molar-refractivity contribution in [1.29, 1.82) is 0 Å². The van der Waals surface area contributed by atoms with Crippen LogP contribution in [0.15, 0.2) is 24.3 Å². The van der Waals surface area contributed by atoms with Crippen molar-refractivity contribution in [2.45, 2.75) is 30.6 Å². The molecule has 1 aliphatic carbocycles. The van der Waals surface area contributed by atoms with Gasteiger partial charge in [-0.05, 0) is 43.7 Å². The van der Waals surface area contributed by atoms with Crippen LogP contribution in [0.2, 0.25) is 0 Å². The van der Waals surface area contributed by atoms with E-state index in [1.807, 2.05) is 43.0 Å². The number of aliphatic hydroxyl groups excluding tert-OH is 1. The summed E-state index contributed by atoms with van der Waals surface area (Å²) in [6.45, 7) is 3.94. The van der Waals surface area contributed by atoms with Crippen LogP contribution >= 0.6 is 11.8 Å². The van der Waals surface area contributed by atoms with Crippen molar-refractivity contribution >= 4 is 11.8 Å². The van der Waals surface area contributed by atoms with Gasteiger partial charge in [0, 0.05) is 17.8 Å². The zero-order valence-electron chi connectivity index (χ0n) is 11.7. The van der Waals surface area contributed by atoms with E-state index in [0.717, 1.165) is 12.3 Å². The molecule has 0 saturated heterocycles. The summed E-state index contributed by atoms with van der Waals surface area (Å²) >= 11 is 1.93. The highest BCUT2D eigenvalue weighted by Crippen LogP contribution is 2.46. The molecule has 1 unspecified atom stereocenters. The number of benzene rings is 1. The standard InChI is InChI=1S/C15H23NO2S/c1-12-4-3-5-14(8-12)18-10-13(17)9-16-11-15(19-2)6-7-15/h3-5,8,13,16-17H,6-7,9-11H2,1-2H3. The van der Waals surface area contributed by atoms with Crippen molar-refractivity contribution in [3.63, 3.8) is 0 Å². The number of nitrogens with one attached hydrogen (secondary N) is 1. The van der Waals surface area contributed by atoms with Gasteiger partial charge in [-0.1, -0.05) is 12.1 Å². The molecule has 0 heterocycles. The number of rotatable bonds is 8. The van der Waals surface area contributed by atoms with Gasteiger partial charge in [0.25, 0.3) is 0 Å². The normalized spacial score (nSPS) is 18.1. The monoisotopic (exact) mass is 281 g/mol. The lowest BCUT2D eigenvalue weighted by atomic mass is 10.2. The third-order valence-electron chi connectivity index (χ3n) is 3.50. The molecule has 2 N–H and O–H groups in total. The van der Waals surface area contributed by atoms with Gasteiger partial charge in [0.2, 0.25) is 0 Å². The zero-order valence-corrected chi connectivity index (χ0v) is 12.5. The molecule has 0 bridgehead atoms. The summed E-state index contributed by atoms with van der Waals surface area (Å²) in [5.74, 6) is 0.821. The number of hydrogen-bond acceptors (Lipinski definition) is 4. The van der Waals surface area contributed by atoms with Crippen molar-refractivity contribution in [1.82, 2.24) is 5.32 Å². The van der Waals surface area contributed by atoms with Gasteiger partial charge in [-0.2, -0.15) is 11.8 Å². The molecule has 1 atom stereocenters. The van der Waals surface area contributed by atoms with Crippen molar-refractivity contribution < 1.29 is 9.84 Å². The van der Waals surface area contributed by atoms with Gasteiger partial charge in [-0.25, -0.2) is 0 Å². The third kappa shape index (κ3) is 4.71. The van der Waals surface area contributed by atoms with E-state index in [9.17, 15) is 5.11 Å². The summed E-state index contributed by atoms with van der Waals surface area (Å²) in [6, 6.07) is 7.89. The molecule has 1 aliphatic rings. The summed E-state index contributed by atoms with van der Waals surface area (Å²) in [6.07, 6.45) is 4.28. The Bertz CT molecular complexity index is 407. The van der Waals surface area contributed by atoms with Gasteiger partial charge in [0.15, 0.2) is 0 Å². The fourth-order valence-electron chi connectivity index (χ4n) is 2.02. The Morgan fingerprint density at radius 2 is 2.26 bits per heavy atom. The predicted octanol–water partition coefficient (Wildman–Crippen LogP) is 2.22. The Morgan fingerprint density at radius 3 is 2.89 bits per heavy atom. The molecule has 1 saturated carbocycles. The van der Waals surface area contributed by atoms with Crippen molar-refractivity contribution in [3.05, 3.63) is 29.8 Å². The molecule has 1 aromatic carbocycles. The molecule has 0 amide bonds. The van der Waals surface area contributed by atoms with E-state index in [1.165, 1.54) is 18.4 Å². The Morgan fingerprint density at radius 1 is 1.47 bits per heavy atom. The smallest absolute Gasteiger partial charge is 0.119 e. The summed E-state index contributed by atoms with van der Waals surface area (Å²) < 4.78 is 6.02. The Balaban J connectivity index is 1.63. The van der Waals surface area contributed by atoms with Gasteiger partial charge in [-0.15, -0.1) is 0 Å². The van der Waals surface area contributed by atoms with Crippen LogP contribution in [0, 0.1) is 6.92 Å². The highest BCUT2D eigenvalue weighted by molar-refractivity contribution is 8.00. The van der Waals surface area contributed by atoms with Crippen LogP contribution < -0.4 is 10.1 Å². The van der Waals surface area contributed by atoms with E-state index in [4.69, 9.17) is 4.74 Å². The van der Waals surface area contributed by atoms with Crippen molar-refractivity contribution in [2.75, 3.05) is 26.0 Å². The minimum absolute atomic E-state index is 0.336. The number of ether oxygens (including phenoxy) is 1. The van der Waals surface area contributed by atoms with Crippen LogP contribution in [-0.2, 0) is 0 Å². The molecule has 0 spiro atoms. The van der Waals surface area contributed by atoms with Gasteiger partial charge in [0.05, 0.1) is 0 Å². The molecule has 3 nitrogen and oxygen atoms in total. The third-order valence-corrected chi connectivity index (χ3v) is 4.92. The summed E-state index contributed by atoms with van der Waals surface area (Å²) in [7, 11) is 0. The van der Waals surface area contributed by atoms with Crippen LogP contribution in [0.25, 0.3) is 0 Å². The van der Waals surface area contributed by atoms with Crippen LogP contribution in [-0.4, -0.2) is 41.9 Å². The minimum atomic E-state index is -0.460. The molecule has 0 aliphatic heterocycles. The number of hydrogen-bond donors (Lipinski definition) is 2. The zero-order chi connectivity index (χ0) is 13.7. The molecular weight excluding hydrogens is 258 g/mol. The number of aliphatic hydroxyl groups is 1. The number of aryl methyl sites for hydroxylation is 1. The fraction of sp³-hybridized carbons (Fsp3) is 0.600. The van der Waals surface area contributed by atoms with E-state index >= 15 is 0 Å². The van der Waals surface area contributed by atoms with E-state index in [-0.39, 0.29) is 0 Å². The second-order valence-corrected chi connectivity index (χ2v) is 6.57. The first kappa shape index (κ1) is 14.7. The van der Waals surface area contributed by atoms with E-state index in [2.05, 4.69) is 11.6 Å². The van der Waals surface area contributed by atoms with E-state index in [1.54, 1.807) is 0 Å². The first-order valence-corrected chi connectivity index (χ1v) is 7.99. The highest BCUT2D eigenvalue weighted by Gasteiger charge is 2.41. The summed E-state index contributed by atoms with van der Waals surface area (Å²) in [5, 5.41) is 13.2. The predicted molar refractivity (Wildman–Crippen MR) is 81.0 cm³/mol. The fourth-order valence-corrected chi connectivity index (χ4v) is 2.77. The average Bonchev–Trinajstić information content (AvgIpc) is 3.17. The quantitative estimate of drug-likeness (QED) is 0.767. The highest BCUT2D eigenvalue weighted by atomic mass is 32.2. The lowest BCUT2D eigenvalue weighted by Crippen LogP contribution is -2.35. The van der Waals surface area contributed by atoms with Crippen LogP contribution in [0.5, 0.6) is 5.75 Å². The van der Waals surface area contributed by atoms with Crippen LogP contribution in [0.1, 0.15) is 18.4 Å². The molecule has 2 rings (SSSR count). The first-order valence-electron chi connectivity index (χ1n) is 6.77. The Hall–Kier alpha value is -0.710. The maximum atomic E-state index is 9.88. The van der Waals surface area contributed by atoms with Crippen LogP contribution in [0.3, 0.4) is 0 Å². The Labute approximate surface area is 119 Å². The van der Waals surface area contributed by atoms with Crippen molar-refractivity contribution in [2.24, 2.45) is 0 Å². The lowest BCUT2D eigenvalue weighted by molar-refractivity contribution is 0.106. The Kier molecular flexibility index (Phi) is 5.13. The maximum Gasteiger partial charge on any atom is 0.119 e. The lowest BCUT2D eigenvalue weighted by Gasteiger charge is -2.16. The van der Waals surface area contributed by atoms with Gasteiger partial charge < -0.3 is 15.2 Å².